The minimum atomic E-state index is -0.327. The van der Waals surface area contributed by atoms with Gasteiger partial charge in [0, 0.05) is 21.8 Å². The highest BCUT2D eigenvalue weighted by Crippen LogP contribution is 2.29. The molecule has 1 N–H and O–H groups in total. The van der Waals surface area contributed by atoms with Crippen molar-refractivity contribution in [1.29, 1.82) is 0 Å². The molecule has 0 saturated heterocycles. The van der Waals surface area contributed by atoms with E-state index in [0.29, 0.717) is 17.2 Å². The van der Waals surface area contributed by atoms with E-state index in [4.69, 9.17) is 14.3 Å². The average molecular weight is 393 g/mol. The first-order chi connectivity index (χ1) is 11.6. The highest BCUT2D eigenvalue weighted by Gasteiger charge is 2.07. The summed E-state index contributed by atoms with van der Waals surface area (Å²) >= 11 is 3.40. The summed E-state index contributed by atoms with van der Waals surface area (Å²) in [6.45, 7) is -0.199. The van der Waals surface area contributed by atoms with Crippen molar-refractivity contribution in [2.45, 2.75) is 0 Å². The van der Waals surface area contributed by atoms with Crippen LogP contribution in [0.5, 0.6) is 11.5 Å². The summed E-state index contributed by atoms with van der Waals surface area (Å²) < 4.78 is 11.2. The molecule has 0 radical (unpaired) electrons. The van der Waals surface area contributed by atoms with Gasteiger partial charge in [0.2, 0.25) is 0 Å². The minimum absolute atomic E-state index is 0.199. The molecule has 0 atom stereocenters. The molecule has 0 saturated carbocycles. The second kappa shape index (κ2) is 8.93. The van der Waals surface area contributed by atoms with Crippen molar-refractivity contribution in [3.63, 3.8) is 0 Å². The average Bonchev–Trinajstić information content (AvgIpc) is 2.60. The third-order valence-corrected chi connectivity index (χ3v) is 3.76. The van der Waals surface area contributed by atoms with Crippen molar-refractivity contribution < 1.29 is 19.1 Å². The third kappa shape index (κ3) is 4.99. The van der Waals surface area contributed by atoms with E-state index in [1.54, 1.807) is 25.3 Å². The zero-order chi connectivity index (χ0) is 17.4. The molecule has 0 fully saturated rings. The Morgan fingerprint density at radius 2 is 1.92 bits per heavy atom. The molecule has 126 valence electrons. The number of ether oxygens (including phenoxy) is 2. The maximum Gasteiger partial charge on any atom is 0.265 e. The number of oxime groups is 1. The number of halogens is 1. The van der Waals surface area contributed by atoms with Gasteiger partial charge in [-0.3, -0.25) is 4.79 Å². The molecule has 6 nitrogen and oxygen atoms in total. The predicted molar refractivity (Wildman–Crippen MR) is 95.9 cm³/mol. The highest BCUT2D eigenvalue weighted by molar-refractivity contribution is 9.10. The zero-order valence-corrected chi connectivity index (χ0v) is 14.9. The predicted octanol–water partition coefficient (Wildman–Crippen LogP) is 3.46. The van der Waals surface area contributed by atoms with Gasteiger partial charge in [0.15, 0.2) is 18.1 Å². The molecule has 0 aromatic heterocycles. The first kappa shape index (κ1) is 17.8. The summed E-state index contributed by atoms with van der Waals surface area (Å²) in [6.07, 6.45) is 1.54. The number of hydrogen-bond donors (Lipinski definition) is 1. The SMILES string of the molecule is COc1ccc(NC(=O)CO/N=C\c2ccccc2Br)cc1OC. The molecule has 7 heteroatoms. The van der Waals surface area contributed by atoms with Crippen LogP contribution in [0.25, 0.3) is 0 Å². The lowest BCUT2D eigenvalue weighted by molar-refractivity contribution is -0.120. The van der Waals surface area contributed by atoms with Gasteiger partial charge in [-0.25, -0.2) is 0 Å². The molecule has 2 aromatic carbocycles. The second-order valence-corrected chi connectivity index (χ2v) is 5.50. The Bertz CT molecular complexity index is 734. The van der Waals surface area contributed by atoms with Gasteiger partial charge in [-0.15, -0.1) is 0 Å². The number of benzene rings is 2. The van der Waals surface area contributed by atoms with Crippen LogP contribution in [0.2, 0.25) is 0 Å². The number of methoxy groups -OCH3 is 2. The summed E-state index contributed by atoms with van der Waals surface area (Å²) in [5.41, 5.74) is 1.44. The third-order valence-electron chi connectivity index (χ3n) is 3.03. The van der Waals surface area contributed by atoms with E-state index in [2.05, 4.69) is 26.4 Å². The van der Waals surface area contributed by atoms with Gasteiger partial charge >= 0.3 is 0 Å². The van der Waals surface area contributed by atoms with Crippen LogP contribution in [-0.4, -0.2) is 32.9 Å². The van der Waals surface area contributed by atoms with Gasteiger partial charge in [0.25, 0.3) is 5.91 Å². The molecular weight excluding hydrogens is 376 g/mol. The van der Waals surface area contributed by atoms with Crippen molar-refractivity contribution in [2.24, 2.45) is 5.16 Å². The molecular formula is C17H17BrN2O4. The molecule has 0 unspecified atom stereocenters. The monoisotopic (exact) mass is 392 g/mol. The number of nitrogens with zero attached hydrogens (tertiary/aromatic N) is 1. The van der Waals surface area contributed by atoms with Gasteiger partial charge in [-0.2, -0.15) is 0 Å². The lowest BCUT2D eigenvalue weighted by atomic mass is 10.2. The summed E-state index contributed by atoms with van der Waals surface area (Å²) in [4.78, 5) is 16.9. The van der Waals surface area contributed by atoms with Crippen molar-refractivity contribution in [1.82, 2.24) is 0 Å². The molecule has 0 bridgehead atoms. The van der Waals surface area contributed by atoms with Crippen LogP contribution in [0.3, 0.4) is 0 Å². The van der Waals surface area contributed by atoms with E-state index < -0.39 is 0 Å². The van der Waals surface area contributed by atoms with Crippen LogP contribution in [-0.2, 0) is 9.63 Å². The lowest BCUT2D eigenvalue weighted by Gasteiger charge is -2.10. The topological polar surface area (TPSA) is 69.2 Å². The van der Waals surface area contributed by atoms with Crippen LogP contribution in [0.4, 0.5) is 5.69 Å². The normalized spacial score (nSPS) is 10.5. The molecule has 2 aromatic rings. The fourth-order valence-corrected chi connectivity index (χ4v) is 2.27. The fourth-order valence-electron chi connectivity index (χ4n) is 1.88. The number of carbonyl (C=O) groups is 1. The van der Waals surface area contributed by atoms with Gasteiger partial charge < -0.3 is 19.6 Å². The van der Waals surface area contributed by atoms with Crippen molar-refractivity contribution in [2.75, 3.05) is 26.1 Å². The first-order valence-electron chi connectivity index (χ1n) is 7.05. The Kier molecular flexibility index (Phi) is 6.62. The fraction of sp³-hybridized carbons (Fsp3) is 0.176. The smallest absolute Gasteiger partial charge is 0.265 e. The second-order valence-electron chi connectivity index (χ2n) is 4.65. The Labute approximate surface area is 148 Å². The Morgan fingerprint density at radius 1 is 1.17 bits per heavy atom. The van der Waals surface area contributed by atoms with Crippen LogP contribution < -0.4 is 14.8 Å². The number of rotatable bonds is 7. The van der Waals surface area contributed by atoms with E-state index in [0.717, 1.165) is 10.0 Å². The largest absolute Gasteiger partial charge is 0.493 e. The van der Waals surface area contributed by atoms with E-state index in [-0.39, 0.29) is 12.5 Å². The number of nitrogens with one attached hydrogen (secondary N) is 1. The number of anilines is 1. The summed E-state index contributed by atoms with van der Waals surface area (Å²) in [6, 6.07) is 12.6. The number of amides is 1. The molecule has 24 heavy (non-hydrogen) atoms. The van der Waals surface area contributed by atoms with E-state index in [9.17, 15) is 4.79 Å². The number of hydrogen-bond acceptors (Lipinski definition) is 5. The maximum absolute atomic E-state index is 11.9. The molecule has 0 spiro atoms. The summed E-state index contributed by atoms with van der Waals surface area (Å²) in [5.74, 6) is 0.791. The summed E-state index contributed by atoms with van der Waals surface area (Å²) in [5, 5.41) is 6.48. The number of carbonyl (C=O) groups excluding carboxylic acids is 1. The molecule has 0 aliphatic heterocycles. The molecule has 0 aliphatic rings. The minimum Gasteiger partial charge on any atom is -0.493 e. The van der Waals surface area contributed by atoms with E-state index in [1.165, 1.54) is 13.3 Å². The molecule has 2 rings (SSSR count). The first-order valence-corrected chi connectivity index (χ1v) is 7.85. The van der Waals surface area contributed by atoms with E-state index in [1.807, 2.05) is 24.3 Å². The van der Waals surface area contributed by atoms with Gasteiger partial charge in [0.05, 0.1) is 20.4 Å². The highest BCUT2D eigenvalue weighted by atomic mass is 79.9. The Morgan fingerprint density at radius 3 is 2.62 bits per heavy atom. The molecule has 0 aliphatic carbocycles. The zero-order valence-electron chi connectivity index (χ0n) is 13.3. The van der Waals surface area contributed by atoms with Gasteiger partial charge in [-0.05, 0) is 18.2 Å². The Balaban J connectivity index is 1.86. The lowest BCUT2D eigenvalue weighted by Crippen LogP contribution is -2.17. The maximum atomic E-state index is 11.9. The molecule has 1 amide bonds. The standard InChI is InChI=1S/C17H17BrN2O4/c1-22-15-8-7-13(9-16(15)23-2)20-17(21)11-24-19-10-12-5-3-4-6-14(12)18/h3-10H,11H2,1-2H3,(H,20,21)/b19-10-. The van der Waals surface area contributed by atoms with Gasteiger partial charge in [-0.1, -0.05) is 39.3 Å². The van der Waals surface area contributed by atoms with Crippen molar-refractivity contribution in [3.8, 4) is 11.5 Å². The van der Waals surface area contributed by atoms with E-state index >= 15 is 0 Å². The van der Waals surface area contributed by atoms with Crippen molar-refractivity contribution in [3.05, 3.63) is 52.5 Å². The van der Waals surface area contributed by atoms with Crippen LogP contribution in [0, 0.1) is 0 Å². The Hall–Kier alpha value is -2.54. The van der Waals surface area contributed by atoms with Gasteiger partial charge in [0.1, 0.15) is 0 Å². The summed E-state index contributed by atoms with van der Waals surface area (Å²) in [7, 11) is 3.08. The quantitative estimate of drug-likeness (QED) is 0.578. The van der Waals surface area contributed by atoms with Crippen LogP contribution in [0.15, 0.2) is 52.1 Å². The molecule has 0 heterocycles. The van der Waals surface area contributed by atoms with Crippen LogP contribution >= 0.6 is 15.9 Å². The van der Waals surface area contributed by atoms with Crippen LogP contribution in [0.1, 0.15) is 5.56 Å². The van der Waals surface area contributed by atoms with Crippen molar-refractivity contribution >= 4 is 33.7 Å².